The van der Waals surface area contributed by atoms with E-state index in [9.17, 15) is 14.4 Å². The summed E-state index contributed by atoms with van der Waals surface area (Å²) in [5, 5.41) is 0.762. The second-order valence-corrected chi connectivity index (χ2v) is 9.96. The lowest BCUT2D eigenvalue weighted by Crippen LogP contribution is -2.50. The molecule has 1 aliphatic rings. The van der Waals surface area contributed by atoms with Crippen LogP contribution < -0.4 is 15.0 Å². The van der Waals surface area contributed by atoms with E-state index in [4.69, 9.17) is 9.47 Å². The van der Waals surface area contributed by atoms with Gasteiger partial charge >= 0.3 is 12.1 Å². The van der Waals surface area contributed by atoms with Crippen LogP contribution in [0, 0.1) is 6.92 Å². The van der Waals surface area contributed by atoms with Crippen molar-refractivity contribution in [2.75, 3.05) is 46.9 Å². The number of benzene rings is 2. The van der Waals surface area contributed by atoms with Crippen LogP contribution in [-0.2, 0) is 6.42 Å². The zero-order valence-corrected chi connectivity index (χ0v) is 24.6. The molecule has 4 rings (SSSR count). The van der Waals surface area contributed by atoms with Crippen molar-refractivity contribution >= 4 is 23.0 Å². The van der Waals surface area contributed by atoms with Crippen LogP contribution >= 0.6 is 0 Å². The Morgan fingerprint density at radius 3 is 2.05 bits per heavy atom. The first-order valence-corrected chi connectivity index (χ1v) is 14.0. The summed E-state index contributed by atoms with van der Waals surface area (Å²) in [5.41, 5.74) is 3.24. The number of nitrogens with zero attached hydrogens (tertiary/aromatic N) is 4. The van der Waals surface area contributed by atoms with E-state index >= 15 is 0 Å². The van der Waals surface area contributed by atoms with Crippen LogP contribution in [0.1, 0.15) is 56.0 Å². The number of pyridine rings is 1. The Kier molecular flexibility index (Phi) is 8.71. The van der Waals surface area contributed by atoms with Gasteiger partial charge in [-0.15, -0.1) is 0 Å². The molecule has 40 heavy (non-hydrogen) atoms. The van der Waals surface area contributed by atoms with Gasteiger partial charge < -0.3 is 24.2 Å². The molecular weight excluding hydrogens is 508 g/mol. The van der Waals surface area contributed by atoms with E-state index in [0.29, 0.717) is 61.7 Å². The van der Waals surface area contributed by atoms with Crippen LogP contribution in [0.3, 0.4) is 0 Å². The van der Waals surface area contributed by atoms with Gasteiger partial charge in [-0.05, 0) is 87.9 Å². The molecule has 0 aliphatic carbocycles. The van der Waals surface area contributed by atoms with Crippen molar-refractivity contribution < 1.29 is 19.1 Å². The second kappa shape index (κ2) is 12.0. The summed E-state index contributed by atoms with van der Waals surface area (Å²) >= 11 is 0. The zero-order valence-electron chi connectivity index (χ0n) is 24.6. The van der Waals surface area contributed by atoms with Gasteiger partial charge in [0.05, 0.1) is 25.8 Å². The fourth-order valence-corrected chi connectivity index (χ4v) is 5.65. The van der Waals surface area contributed by atoms with E-state index in [0.717, 1.165) is 22.1 Å². The van der Waals surface area contributed by atoms with Crippen LogP contribution in [0.15, 0.2) is 41.2 Å². The lowest BCUT2D eigenvalue weighted by molar-refractivity contribution is 0.141. The molecule has 0 saturated carbocycles. The van der Waals surface area contributed by atoms with E-state index in [1.54, 1.807) is 28.9 Å². The van der Waals surface area contributed by atoms with Gasteiger partial charge in [0.15, 0.2) is 11.5 Å². The molecule has 1 aliphatic heterocycles. The van der Waals surface area contributed by atoms with Gasteiger partial charge in [0.25, 0.3) is 5.56 Å². The first-order valence-electron chi connectivity index (χ1n) is 14.0. The summed E-state index contributed by atoms with van der Waals surface area (Å²) in [6.45, 7) is 12.1. The van der Waals surface area contributed by atoms with Crippen molar-refractivity contribution in [3.63, 3.8) is 0 Å². The molecule has 214 valence electrons. The Balaban J connectivity index is 2.07. The molecule has 1 unspecified atom stereocenters. The Bertz CT molecular complexity index is 1470. The summed E-state index contributed by atoms with van der Waals surface area (Å²) in [4.78, 5) is 47.2. The number of rotatable bonds is 7. The van der Waals surface area contributed by atoms with Gasteiger partial charge in [-0.2, -0.15) is 0 Å². The molecular formula is C31H40N4O5. The van der Waals surface area contributed by atoms with Crippen molar-refractivity contribution in [1.82, 2.24) is 19.3 Å². The molecule has 2 heterocycles. The second-order valence-electron chi connectivity index (χ2n) is 9.96. The van der Waals surface area contributed by atoms with Crippen molar-refractivity contribution in [3.05, 3.63) is 69.0 Å². The quantitative estimate of drug-likeness (QED) is 0.413. The Morgan fingerprint density at radius 1 is 0.850 bits per heavy atom. The third-order valence-corrected chi connectivity index (χ3v) is 7.86. The number of aryl methyl sites for hydroxylation is 1. The van der Waals surface area contributed by atoms with Crippen LogP contribution in [0.2, 0.25) is 0 Å². The maximum atomic E-state index is 14.4. The highest BCUT2D eigenvalue weighted by molar-refractivity contribution is 5.91. The third-order valence-electron chi connectivity index (χ3n) is 7.86. The number of amides is 3. The number of hydrogen-bond donors (Lipinski definition) is 0. The van der Waals surface area contributed by atoms with Gasteiger partial charge in [0.1, 0.15) is 0 Å². The fourth-order valence-electron chi connectivity index (χ4n) is 5.65. The zero-order chi connectivity index (χ0) is 29.1. The lowest BCUT2D eigenvalue weighted by Gasteiger charge is -2.40. The normalized spacial score (nSPS) is 14.6. The van der Waals surface area contributed by atoms with E-state index in [2.05, 4.69) is 0 Å². The predicted octanol–water partition coefficient (Wildman–Crippen LogP) is 5.05. The first kappa shape index (κ1) is 29.0. The van der Waals surface area contributed by atoms with Crippen molar-refractivity contribution in [3.8, 4) is 11.5 Å². The molecule has 2 aromatic carbocycles. The first-order chi connectivity index (χ1) is 19.2. The number of urea groups is 1. The molecule has 1 aromatic heterocycles. The van der Waals surface area contributed by atoms with E-state index in [1.807, 2.05) is 71.0 Å². The predicted molar refractivity (Wildman–Crippen MR) is 157 cm³/mol. The topological polar surface area (TPSA) is 84.3 Å². The smallest absolute Gasteiger partial charge is 0.331 e. The molecule has 9 heteroatoms. The molecule has 0 bridgehead atoms. The largest absolute Gasteiger partial charge is 0.493 e. The summed E-state index contributed by atoms with van der Waals surface area (Å²) < 4.78 is 12.5. The SMILES string of the molecule is CCN(CC)C(=O)N1CCc2cc(OC)c(OC)cc2C1c1cc2cc(C)ccc2n(C(=O)N(CC)CC)c1=O. The molecule has 0 saturated heterocycles. The van der Waals surface area contributed by atoms with Gasteiger partial charge in [-0.3, -0.25) is 4.79 Å². The Morgan fingerprint density at radius 2 is 1.45 bits per heavy atom. The lowest BCUT2D eigenvalue weighted by atomic mass is 9.87. The minimum Gasteiger partial charge on any atom is -0.493 e. The highest BCUT2D eigenvalue weighted by Gasteiger charge is 2.37. The molecule has 0 radical (unpaired) electrons. The average molecular weight is 549 g/mol. The molecule has 3 amide bonds. The van der Waals surface area contributed by atoms with Crippen molar-refractivity contribution in [1.29, 1.82) is 0 Å². The molecule has 1 atom stereocenters. The van der Waals surface area contributed by atoms with Crippen molar-refractivity contribution in [2.24, 2.45) is 0 Å². The summed E-state index contributed by atoms with van der Waals surface area (Å²) in [6.07, 6.45) is 0.596. The molecule has 0 N–H and O–H groups in total. The molecule has 0 fully saturated rings. The highest BCUT2D eigenvalue weighted by atomic mass is 16.5. The van der Waals surface area contributed by atoms with Gasteiger partial charge in [-0.1, -0.05) is 11.6 Å². The van der Waals surface area contributed by atoms with Gasteiger partial charge in [0.2, 0.25) is 0 Å². The Labute approximate surface area is 235 Å². The summed E-state index contributed by atoms with van der Waals surface area (Å²) in [6, 6.07) is 10.1. The van der Waals surface area contributed by atoms with Gasteiger partial charge in [-0.25, -0.2) is 14.2 Å². The standard InChI is InChI=1S/C31H40N4O5/c1-8-32(9-2)30(37)34-15-14-21-18-26(39-6)27(40-7)19-23(21)28(34)24-17-22-16-20(5)12-13-25(22)35(29(24)36)31(38)33(10-3)11-4/h12-13,16-19,28H,8-11,14-15H2,1-7H3. The van der Waals surface area contributed by atoms with E-state index < -0.39 is 11.6 Å². The Hall–Kier alpha value is -4.01. The van der Waals surface area contributed by atoms with E-state index in [1.165, 1.54) is 4.57 Å². The van der Waals surface area contributed by atoms with Crippen LogP contribution in [0.5, 0.6) is 11.5 Å². The number of fused-ring (bicyclic) bond motifs is 2. The van der Waals surface area contributed by atoms with Crippen LogP contribution in [-0.4, -0.2) is 78.3 Å². The molecule has 3 aromatic rings. The average Bonchev–Trinajstić information content (AvgIpc) is 2.96. The number of ether oxygens (including phenoxy) is 2. The number of carbonyl (C=O) groups is 2. The maximum Gasteiger partial charge on any atom is 0.331 e. The van der Waals surface area contributed by atoms with Crippen LogP contribution in [0.25, 0.3) is 10.9 Å². The maximum absolute atomic E-state index is 14.4. The number of aromatic nitrogens is 1. The minimum absolute atomic E-state index is 0.152. The molecule has 0 spiro atoms. The number of carbonyl (C=O) groups excluding carboxylic acids is 2. The van der Waals surface area contributed by atoms with Gasteiger partial charge in [0, 0.05) is 38.3 Å². The number of methoxy groups -OCH3 is 2. The fraction of sp³-hybridized carbons (Fsp3) is 0.452. The monoisotopic (exact) mass is 548 g/mol. The molecule has 9 nitrogen and oxygen atoms in total. The number of hydrogen-bond acceptors (Lipinski definition) is 5. The van der Waals surface area contributed by atoms with E-state index in [-0.39, 0.29) is 12.1 Å². The third kappa shape index (κ3) is 5.00. The van der Waals surface area contributed by atoms with Crippen LogP contribution in [0.4, 0.5) is 9.59 Å². The minimum atomic E-state index is -0.718. The van der Waals surface area contributed by atoms with Crippen molar-refractivity contribution in [2.45, 2.75) is 47.1 Å². The summed E-state index contributed by atoms with van der Waals surface area (Å²) in [7, 11) is 3.15. The highest BCUT2D eigenvalue weighted by Crippen LogP contribution is 2.41. The summed E-state index contributed by atoms with van der Waals surface area (Å²) in [5.74, 6) is 1.10.